The molecule has 1 saturated heterocycles. The molecule has 1 aromatic rings. The van der Waals surface area contributed by atoms with Crippen molar-refractivity contribution in [3.05, 3.63) is 29.3 Å². The topological polar surface area (TPSA) is 44.4 Å². The van der Waals surface area contributed by atoms with E-state index in [1.165, 1.54) is 6.42 Å². The van der Waals surface area contributed by atoms with E-state index in [0.29, 0.717) is 11.1 Å². The molecule has 0 aromatic heterocycles. The van der Waals surface area contributed by atoms with E-state index < -0.39 is 0 Å². The number of halogens is 2. The highest BCUT2D eigenvalue weighted by molar-refractivity contribution is 6.30. The SMILES string of the molecule is CNC1CCCN(C(C)C(=O)Nc2cccc(Cl)c2)C1.Cl. The van der Waals surface area contributed by atoms with Gasteiger partial charge in [-0.2, -0.15) is 0 Å². The Labute approximate surface area is 137 Å². The second-order valence-electron chi connectivity index (χ2n) is 5.30. The van der Waals surface area contributed by atoms with E-state index in [2.05, 4.69) is 15.5 Å². The molecule has 2 rings (SSSR count). The van der Waals surface area contributed by atoms with Gasteiger partial charge in [0.2, 0.25) is 5.91 Å². The normalized spacial score (nSPS) is 20.4. The van der Waals surface area contributed by atoms with E-state index in [1.807, 2.05) is 26.1 Å². The Hall–Kier alpha value is -0.810. The molecule has 1 fully saturated rings. The molecule has 4 nitrogen and oxygen atoms in total. The van der Waals surface area contributed by atoms with Gasteiger partial charge >= 0.3 is 0 Å². The van der Waals surface area contributed by atoms with Crippen LogP contribution in [0.5, 0.6) is 0 Å². The molecule has 0 radical (unpaired) electrons. The fraction of sp³-hybridized carbons (Fsp3) is 0.533. The number of rotatable bonds is 4. The van der Waals surface area contributed by atoms with Crippen LogP contribution in [-0.4, -0.2) is 43.0 Å². The molecule has 0 spiro atoms. The zero-order valence-corrected chi connectivity index (χ0v) is 14.0. The molecular weight excluding hydrogens is 309 g/mol. The summed E-state index contributed by atoms with van der Waals surface area (Å²) in [5.41, 5.74) is 0.747. The van der Waals surface area contributed by atoms with E-state index in [1.54, 1.807) is 12.1 Å². The van der Waals surface area contributed by atoms with Crippen molar-refractivity contribution in [2.45, 2.75) is 31.8 Å². The van der Waals surface area contributed by atoms with Crippen LogP contribution in [0.15, 0.2) is 24.3 Å². The molecule has 0 bridgehead atoms. The first kappa shape index (κ1) is 18.2. The average molecular weight is 332 g/mol. The number of likely N-dealkylation sites (tertiary alicyclic amines) is 1. The molecule has 6 heteroatoms. The van der Waals surface area contributed by atoms with Gasteiger partial charge in [0.15, 0.2) is 0 Å². The van der Waals surface area contributed by atoms with Gasteiger partial charge in [0, 0.05) is 23.3 Å². The van der Waals surface area contributed by atoms with Gasteiger partial charge in [-0.1, -0.05) is 17.7 Å². The molecule has 1 aliphatic rings. The molecule has 1 aliphatic heterocycles. The number of likely N-dealkylation sites (N-methyl/N-ethyl adjacent to an activating group) is 1. The summed E-state index contributed by atoms with van der Waals surface area (Å²) >= 11 is 5.92. The molecule has 1 amide bonds. The van der Waals surface area contributed by atoms with Crippen LogP contribution in [0.2, 0.25) is 5.02 Å². The number of anilines is 1. The summed E-state index contributed by atoms with van der Waals surface area (Å²) in [6.45, 7) is 3.85. The summed E-state index contributed by atoms with van der Waals surface area (Å²) in [6, 6.07) is 7.58. The maximum atomic E-state index is 12.3. The maximum Gasteiger partial charge on any atom is 0.241 e. The third-order valence-corrected chi connectivity index (χ3v) is 4.12. The van der Waals surface area contributed by atoms with E-state index in [4.69, 9.17) is 11.6 Å². The van der Waals surface area contributed by atoms with Crippen molar-refractivity contribution in [2.24, 2.45) is 0 Å². The lowest BCUT2D eigenvalue weighted by Crippen LogP contribution is -2.51. The van der Waals surface area contributed by atoms with Gasteiger partial charge in [0.25, 0.3) is 0 Å². The number of nitrogens with zero attached hydrogens (tertiary/aromatic N) is 1. The molecular formula is C15H23Cl2N3O. The van der Waals surface area contributed by atoms with Crippen molar-refractivity contribution in [2.75, 3.05) is 25.5 Å². The van der Waals surface area contributed by atoms with Crippen molar-refractivity contribution in [3.8, 4) is 0 Å². The lowest BCUT2D eigenvalue weighted by atomic mass is 10.0. The number of nitrogens with one attached hydrogen (secondary N) is 2. The molecule has 2 unspecified atom stereocenters. The van der Waals surface area contributed by atoms with Gasteiger partial charge in [-0.15, -0.1) is 12.4 Å². The number of piperidine rings is 1. The van der Waals surface area contributed by atoms with Crippen LogP contribution in [0.4, 0.5) is 5.69 Å². The van der Waals surface area contributed by atoms with Crippen LogP contribution >= 0.6 is 24.0 Å². The highest BCUT2D eigenvalue weighted by Crippen LogP contribution is 2.17. The maximum absolute atomic E-state index is 12.3. The summed E-state index contributed by atoms with van der Waals surface area (Å²) < 4.78 is 0. The monoisotopic (exact) mass is 331 g/mol. The van der Waals surface area contributed by atoms with Gasteiger partial charge in [-0.25, -0.2) is 0 Å². The number of hydrogen-bond acceptors (Lipinski definition) is 3. The zero-order valence-electron chi connectivity index (χ0n) is 12.4. The minimum atomic E-state index is -0.134. The molecule has 0 saturated carbocycles. The van der Waals surface area contributed by atoms with E-state index in [9.17, 15) is 4.79 Å². The van der Waals surface area contributed by atoms with Crippen LogP contribution in [0, 0.1) is 0 Å². The summed E-state index contributed by atoms with van der Waals surface area (Å²) in [5, 5.41) is 6.85. The first-order valence-electron chi connectivity index (χ1n) is 7.08. The Morgan fingerprint density at radius 2 is 2.24 bits per heavy atom. The first-order valence-corrected chi connectivity index (χ1v) is 7.45. The first-order chi connectivity index (χ1) is 9.60. The van der Waals surface area contributed by atoms with Crippen LogP contribution in [0.3, 0.4) is 0 Å². The Morgan fingerprint density at radius 3 is 2.90 bits per heavy atom. The molecule has 2 N–H and O–H groups in total. The molecule has 21 heavy (non-hydrogen) atoms. The summed E-state index contributed by atoms with van der Waals surface area (Å²) in [7, 11) is 1.98. The van der Waals surface area contributed by atoms with Gasteiger partial charge in [-0.3, -0.25) is 9.69 Å². The summed E-state index contributed by atoms with van der Waals surface area (Å²) in [4.78, 5) is 14.5. The van der Waals surface area contributed by atoms with Crippen LogP contribution in [0.1, 0.15) is 19.8 Å². The molecule has 0 aliphatic carbocycles. The van der Waals surface area contributed by atoms with Crippen LogP contribution in [0.25, 0.3) is 0 Å². The van der Waals surface area contributed by atoms with Crippen molar-refractivity contribution in [1.82, 2.24) is 10.2 Å². The number of hydrogen-bond donors (Lipinski definition) is 2. The minimum absolute atomic E-state index is 0. The Bertz CT molecular complexity index is 470. The van der Waals surface area contributed by atoms with Gasteiger partial charge in [0.1, 0.15) is 0 Å². The highest BCUT2D eigenvalue weighted by Gasteiger charge is 2.26. The smallest absolute Gasteiger partial charge is 0.241 e. The van der Waals surface area contributed by atoms with E-state index in [-0.39, 0.29) is 24.4 Å². The van der Waals surface area contributed by atoms with Crippen molar-refractivity contribution in [1.29, 1.82) is 0 Å². The highest BCUT2D eigenvalue weighted by atomic mass is 35.5. The van der Waals surface area contributed by atoms with Crippen molar-refractivity contribution >= 4 is 35.6 Å². The zero-order chi connectivity index (χ0) is 14.5. The lowest BCUT2D eigenvalue weighted by molar-refractivity contribution is -0.121. The Morgan fingerprint density at radius 1 is 1.48 bits per heavy atom. The predicted octanol–water partition coefficient (Wildman–Crippen LogP) is 2.77. The van der Waals surface area contributed by atoms with Crippen LogP contribution in [-0.2, 0) is 4.79 Å². The second-order valence-corrected chi connectivity index (χ2v) is 5.73. The largest absolute Gasteiger partial charge is 0.325 e. The minimum Gasteiger partial charge on any atom is -0.325 e. The van der Waals surface area contributed by atoms with Gasteiger partial charge < -0.3 is 10.6 Å². The fourth-order valence-electron chi connectivity index (χ4n) is 2.57. The average Bonchev–Trinajstić information content (AvgIpc) is 2.46. The third-order valence-electron chi connectivity index (χ3n) is 3.88. The lowest BCUT2D eigenvalue weighted by Gasteiger charge is -2.35. The van der Waals surface area contributed by atoms with Crippen LogP contribution < -0.4 is 10.6 Å². The molecule has 1 heterocycles. The summed E-state index contributed by atoms with van der Waals surface area (Å²) in [6.07, 6.45) is 2.30. The molecule has 2 atom stereocenters. The summed E-state index contributed by atoms with van der Waals surface area (Å²) in [5.74, 6) is 0.0176. The number of carbonyl (C=O) groups is 1. The predicted molar refractivity (Wildman–Crippen MR) is 90.4 cm³/mol. The van der Waals surface area contributed by atoms with E-state index in [0.717, 1.165) is 25.2 Å². The Kier molecular flexibility index (Phi) is 7.46. The second kappa shape index (κ2) is 8.59. The van der Waals surface area contributed by atoms with Gasteiger partial charge in [0.05, 0.1) is 6.04 Å². The van der Waals surface area contributed by atoms with E-state index >= 15 is 0 Å². The molecule has 118 valence electrons. The van der Waals surface area contributed by atoms with Crippen molar-refractivity contribution in [3.63, 3.8) is 0 Å². The number of benzene rings is 1. The van der Waals surface area contributed by atoms with Crippen molar-refractivity contribution < 1.29 is 4.79 Å². The number of amides is 1. The standard InChI is InChI=1S/C15H22ClN3O.ClH/c1-11(19-8-4-7-14(10-19)17-2)15(20)18-13-6-3-5-12(16)9-13;/h3,5-6,9,11,14,17H,4,7-8,10H2,1-2H3,(H,18,20);1H. The fourth-order valence-corrected chi connectivity index (χ4v) is 2.76. The third kappa shape index (κ3) is 5.15. The molecule has 1 aromatic carbocycles. The van der Waals surface area contributed by atoms with Gasteiger partial charge in [-0.05, 0) is 51.6 Å². The quantitative estimate of drug-likeness (QED) is 0.891. The Balaban J connectivity index is 0.00000220. The number of carbonyl (C=O) groups excluding carboxylic acids is 1.